The highest BCUT2D eigenvalue weighted by atomic mass is 32.1. The lowest BCUT2D eigenvalue weighted by Gasteiger charge is -2.32. The molecule has 0 bridgehead atoms. The van der Waals surface area contributed by atoms with Crippen molar-refractivity contribution in [1.82, 2.24) is 20.4 Å². The summed E-state index contributed by atoms with van der Waals surface area (Å²) in [6.45, 7) is 5.03. The molecule has 0 saturated carbocycles. The largest absolute Gasteiger partial charge is 0.356 e. The normalized spacial score (nSPS) is 15.8. The van der Waals surface area contributed by atoms with E-state index in [2.05, 4.69) is 38.0 Å². The number of aliphatic imine (C=N–C) groups is 1. The molecule has 2 heterocycles. The van der Waals surface area contributed by atoms with Gasteiger partial charge in [0.05, 0.1) is 0 Å². The number of piperidine rings is 1. The van der Waals surface area contributed by atoms with Crippen molar-refractivity contribution in [3.63, 3.8) is 0 Å². The fraction of sp³-hybridized carbons (Fsp3) is 0.478. The van der Waals surface area contributed by atoms with Crippen LogP contribution in [-0.4, -0.2) is 62.4 Å². The number of rotatable bonds is 7. The predicted octanol–water partition coefficient (Wildman–Crippen LogP) is 3.03. The zero-order valence-corrected chi connectivity index (χ0v) is 19.0. The van der Waals surface area contributed by atoms with Gasteiger partial charge in [-0.25, -0.2) is 0 Å². The number of nitrogens with one attached hydrogen (secondary N) is 2. The maximum Gasteiger partial charge on any atom is 0.253 e. The summed E-state index contributed by atoms with van der Waals surface area (Å²) in [5.74, 6) is 1.53. The molecule has 1 fully saturated rings. The van der Waals surface area contributed by atoms with E-state index in [0.29, 0.717) is 18.0 Å². The van der Waals surface area contributed by atoms with Gasteiger partial charge in [-0.05, 0) is 61.0 Å². The van der Waals surface area contributed by atoms with Crippen molar-refractivity contribution in [2.75, 3.05) is 40.8 Å². The molecule has 0 aliphatic carbocycles. The second-order valence-corrected chi connectivity index (χ2v) is 9.03. The number of carbonyl (C=O) groups is 1. The number of guanidine groups is 1. The minimum atomic E-state index is 0.0217. The first-order valence-electron chi connectivity index (χ1n) is 10.5. The Balaban J connectivity index is 1.37. The molecule has 0 radical (unpaired) electrons. The Labute approximate surface area is 184 Å². The molecule has 2 N–H and O–H groups in total. The molecule has 6 nitrogen and oxygen atoms in total. The lowest BCUT2D eigenvalue weighted by molar-refractivity contribution is 0.0827. The van der Waals surface area contributed by atoms with Gasteiger partial charge in [-0.15, -0.1) is 11.3 Å². The molecule has 0 unspecified atom stereocenters. The number of benzene rings is 1. The first-order valence-corrected chi connectivity index (χ1v) is 11.4. The van der Waals surface area contributed by atoms with Gasteiger partial charge in [0.15, 0.2) is 5.96 Å². The van der Waals surface area contributed by atoms with Gasteiger partial charge in [0, 0.05) is 51.2 Å². The molecule has 0 atom stereocenters. The Bertz CT molecular complexity index is 809. The van der Waals surface area contributed by atoms with Crippen LogP contribution in [0.2, 0.25) is 0 Å². The van der Waals surface area contributed by atoms with Gasteiger partial charge in [-0.1, -0.05) is 18.2 Å². The van der Waals surface area contributed by atoms with Gasteiger partial charge in [0.25, 0.3) is 5.91 Å². The third kappa shape index (κ3) is 6.57. The maximum atomic E-state index is 12.0. The van der Waals surface area contributed by atoms with Crippen LogP contribution in [0, 0.1) is 5.92 Å². The number of hydrogen-bond donors (Lipinski definition) is 2. The molecule has 0 spiro atoms. The molecule has 1 saturated heterocycles. The van der Waals surface area contributed by atoms with Crippen LogP contribution in [-0.2, 0) is 13.1 Å². The number of nitrogens with zero attached hydrogens (tertiary/aromatic N) is 3. The Morgan fingerprint density at radius 3 is 2.50 bits per heavy atom. The van der Waals surface area contributed by atoms with Gasteiger partial charge in [-0.3, -0.25) is 14.7 Å². The van der Waals surface area contributed by atoms with E-state index in [9.17, 15) is 4.79 Å². The van der Waals surface area contributed by atoms with E-state index >= 15 is 0 Å². The average molecular weight is 428 g/mol. The van der Waals surface area contributed by atoms with Crippen molar-refractivity contribution in [2.24, 2.45) is 10.9 Å². The van der Waals surface area contributed by atoms with Gasteiger partial charge in [0.2, 0.25) is 0 Å². The van der Waals surface area contributed by atoms with Crippen molar-refractivity contribution in [2.45, 2.75) is 25.9 Å². The SMILES string of the molecule is CN=C(NCc1ccc(C(=O)N(C)C)cc1)NCC1CCN(Cc2cccs2)CC1. The number of amides is 1. The first kappa shape index (κ1) is 22.3. The zero-order chi connectivity index (χ0) is 21.3. The van der Waals surface area contributed by atoms with Crippen LogP contribution in [0.1, 0.15) is 33.6 Å². The molecular weight excluding hydrogens is 394 g/mol. The second kappa shape index (κ2) is 11.1. The van der Waals surface area contributed by atoms with Crippen LogP contribution < -0.4 is 10.6 Å². The predicted molar refractivity (Wildman–Crippen MR) is 125 cm³/mol. The molecule has 3 rings (SSSR count). The highest BCUT2D eigenvalue weighted by molar-refractivity contribution is 7.09. The Morgan fingerprint density at radius 1 is 1.17 bits per heavy atom. The number of hydrogen-bond acceptors (Lipinski definition) is 4. The van der Waals surface area contributed by atoms with Crippen LogP contribution in [0.25, 0.3) is 0 Å². The van der Waals surface area contributed by atoms with Gasteiger partial charge < -0.3 is 15.5 Å². The van der Waals surface area contributed by atoms with E-state index in [1.165, 1.54) is 17.7 Å². The maximum absolute atomic E-state index is 12.0. The molecule has 1 aromatic heterocycles. The zero-order valence-electron chi connectivity index (χ0n) is 18.2. The van der Waals surface area contributed by atoms with E-state index in [1.54, 1.807) is 26.0 Å². The van der Waals surface area contributed by atoms with Gasteiger partial charge >= 0.3 is 0 Å². The highest BCUT2D eigenvalue weighted by Gasteiger charge is 2.19. The average Bonchev–Trinajstić information content (AvgIpc) is 3.28. The molecule has 1 aromatic carbocycles. The molecule has 2 aromatic rings. The third-order valence-corrected chi connectivity index (χ3v) is 6.38. The standard InChI is InChI=1S/C23H33N5OS/c1-24-23(25-15-18-6-8-20(9-7-18)22(29)27(2)3)26-16-19-10-12-28(13-11-19)17-21-5-4-14-30-21/h4-9,14,19H,10-13,15-17H2,1-3H3,(H2,24,25,26). The smallest absolute Gasteiger partial charge is 0.253 e. The molecule has 1 aliphatic rings. The van der Waals surface area contributed by atoms with E-state index in [4.69, 9.17) is 0 Å². The summed E-state index contributed by atoms with van der Waals surface area (Å²) in [7, 11) is 5.33. The molecule has 1 amide bonds. The van der Waals surface area contributed by atoms with E-state index in [0.717, 1.165) is 37.7 Å². The number of carbonyl (C=O) groups excluding carboxylic acids is 1. The summed E-state index contributed by atoms with van der Waals surface area (Å²) in [6, 6.07) is 12.1. The minimum Gasteiger partial charge on any atom is -0.356 e. The van der Waals surface area contributed by atoms with Crippen molar-refractivity contribution >= 4 is 23.2 Å². The molecule has 162 valence electrons. The lowest BCUT2D eigenvalue weighted by Crippen LogP contribution is -2.42. The minimum absolute atomic E-state index is 0.0217. The monoisotopic (exact) mass is 427 g/mol. The number of likely N-dealkylation sites (tertiary alicyclic amines) is 1. The number of thiophene rings is 1. The van der Waals surface area contributed by atoms with Crippen LogP contribution in [0.5, 0.6) is 0 Å². The van der Waals surface area contributed by atoms with Crippen LogP contribution >= 0.6 is 11.3 Å². The summed E-state index contributed by atoms with van der Waals surface area (Å²) < 4.78 is 0. The van der Waals surface area contributed by atoms with Crippen molar-refractivity contribution in [3.8, 4) is 0 Å². The van der Waals surface area contributed by atoms with E-state index in [1.807, 2.05) is 35.6 Å². The van der Waals surface area contributed by atoms with E-state index < -0.39 is 0 Å². The van der Waals surface area contributed by atoms with Crippen LogP contribution in [0.3, 0.4) is 0 Å². The Hall–Kier alpha value is -2.38. The third-order valence-electron chi connectivity index (χ3n) is 5.52. The molecule has 30 heavy (non-hydrogen) atoms. The topological polar surface area (TPSA) is 60.0 Å². The quantitative estimate of drug-likeness (QED) is 0.527. The Morgan fingerprint density at radius 2 is 1.90 bits per heavy atom. The summed E-state index contributed by atoms with van der Waals surface area (Å²) in [6.07, 6.45) is 2.44. The first-order chi connectivity index (χ1) is 14.5. The fourth-order valence-electron chi connectivity index (χ4n) is 3.64. The van der Waals surface area contributed by atoms with Crippen LogP contribution in [0.4, 0.5) is 0 Å². The van der Waals surface area contributed by atoms with Gasteiger partial charge in [0.1, 0.15) is 0 Å². The van der Waals surface area contributed by atoms with Crippen molar-refractivity contribution in [3.05, 3.63) is 57.8 Å². The Kier molecular flexibility index (Phi) is 8.28. The summed E-state index contributed by atoms with van der Waals surface area (Å²) >= 11 is 1.84. The van der Waals surface area contributed by atoms with Crippen molar-refractivity contribution < 1.29 is 4.79 Å². The summed E-state index contributed by atoms with van der Waals surface area (Å²) in [5.41, 5.74) is 1.83. The second-order valence-electron chi connectivity index (χ2n) is 8.00. The molecular formula is C23H33N5OS. The van der Waals surface area contributed by atoms with Gasteiger partial charge in [-0.2, -0.15) is 0 Å². The molecule has 1 aliphatic heterocycles. The van der Waals surface area contributed by atoms with E-state index in [-0.39, 0.29) is 5.91 Å². The fourth-order valence-corrected chi connectivity index (χ4v) is 4.39. The summed E-state index contributed by atoms with van der Waals surface area (Å²) in [5, 5.41) is 9.00. The van der Waals surface area contributed by atoms with Crippen LogP contribution in [0.15, 0.2) is 46.8 Å². The lowest BCUT2D eigenvalue weighted by atomic mass is 9.97. The molecule has 7 heteroatoms. The van der Waals surface area contributed by atoms with Crippen molar-refractivity contribution in [1.29, 1.82) is 0 Å². The summed E-state index contributed by atoms with van der Waals surface area (Å²) in [4.78, 5) is 21.9. The highest BCUT2D eigenvalue weighted by Crippen LogP contribution is 2.20.